The van der Waals surface area contributed by atoms with E-state index < -0.39 is 0 Å². The second-order valence-electron chi connectivity index (χ2n) is 4.64. The minimum absolute atomic E-state index is 0.0739. The second-order valence-corrected chi connectivity index (χ2v) is 4.64. The van der Waals surface area contributed by atoms with E-state index in [4.69, 9.17) is 20.6 Å². The first-order valence-corrected chi connectivity index (χ1v) is 6.47. The number of ether oxygens (including phenoxy) is 2. The van der Waals surface area contributed by atoms with Gasteiger partial charge in [0.2, 0.25) is 5.88 Å². The molecule has 0 aliphatic heterocycles. The van der Waals surface area contributed by atoms with Crippen LogP contribution >= 0.6 is 0 Å². The van der Waals surface area contributed by atoms with E-state index in [0.29, 0.717) is 12.2 Å². The van der Waals surface area contributed by atoms with Crippen molar-refractivity contribution in [2.45, 2.75) is 20.5 Å². The van der Waals surface area contributed by atoms with Gasteiger partial charge >= 0.3 is 0 Å². The summed E-state index contributed by atoms with van der Waals surface area (Å²) in [5.74, 6) is 0.991. The number of aryl methyl sites for hydroxylation is 1. The summed E-state index contributed by atoms with van der Waals surface area (Å²) in [5, 5.41) is 15.7. The molecule has 0 saturated heterocycles. The lowest BCUT2D eigenvalue weighted by Crippen LogP contribution is -2.17. The maximum Gasteiger partial charge on any atom is 0.245 e. The molecule has 21 heavy (non-hydrogen) atoms. The topological polar surface area (TPSA) is 94.1 Å². The molecule has 0 atom stereocenters. The molecule has 0 unspecified atom stereocenters. The molecule has 0 bridgehead atoms. The number of methoxy groups -OCH3 is 1. The first-order valence-electron chi connectivity index (χ1n) is 6.47. The monoisotopic (exact) mass is 286 g/mol. The normalized spacial score (nSPS) is 10.2. The highest BCUT2D eigenvalue weighted by Gasteiger charge is 2.15. The molecule has 0 aliphatic rings. The van der Waals surface area contributed by atoms with Gasteiger partial charge < -0.3 is 15.2 Å². The first kappa shape index (κ1) is 14.8. The summed E-state index contributed by atoms with van der Waals surface area (Å²) in [5.41, 5.74) is 8.61. The largest absolute Gasteiger partial charge is 0.497 e. The molecule has 0 fully saturated rings. The lowest BCUT2D eigenvalue weighted by Gasteiger charge is -2.12. The van der Waals surface area contributed by atoms with Gasteiger partial charge in [0.15, 0.2) is 0 Å². The molecular formula is C15H18N4O2. The van der Waals surface area contributed by atoms with Crippen LogP contribution < -0.4 is 15.2 Å². The van der Waals surface area contributed by atoms with E-state index in [1.807, 2.05) is 38.1 Å². The maximum atomic E-state index is 7.66. The Balaban J connectivity index is 2.19. The fourth-order valence-electron chi connectivity index (χ4n) is 1.88. The molecule has 3 N–H and O–H groups in total. The van der Waals surface area contributed by atoms with Gasteiger partial charge in [-0.15, -0.1) is 5.10 Å². The maximum absolute atomic E-state index is 7.66. The second kappa shape index (κ2) is 6.21. The molecule has 0 saturated carbocycles. The van der Waals surface area contributed by atoms with Crippen molar-refractivity contribution in [1.29, 1.82) is 5.41 Å². The Hall–Kier alpha value is -2.63. The Morgan fingerprint density at radius 1 is 1.19 bits per heavy atom. The first-order chi connectivity index (χ1) is 10.0. The van der Waals surface area contributed by atoms with Gasteiger partial charge in [-0.25, -0.2) is 0 Å². The lowest BCUT2D eigenvalue weighted by molar-refractivity contribution is 0.288. The molecule has 0 radical (unpaired) electrons. The number of nitrogens with one attached hydrogen (secondary N) is 1. The summed E-state index contributed by atoms with van der Waals surface area (Å²) in [4.78, 5) is 0. The standard InChI is InChI=1S/C15H18N4O2/c1-9-10(2)18-19-15(13(9)14(16)17)21-8-11-4-6-12(20-3)7-5-11/h4-7H,8H2,1-3H3,(H3,16,17). The van der Waals surface area contributed by atoms with Gasteiger partial charge in [0.05, 0.1) is 18.4 Å². The highest BCUT2D eigenvalue weighted by Crippen LogP contribution is 2.21. The summed E-state index contributed by atoms with van der Waals surface area (Å²) >= 11 is 0. The van der Waals surface area contributed by atoms with Gasteiger partial charge in [-0.3, -0.25) is 5.41 Å². The number of aromatic nitrogens is 2. The van der Waals surface area contributed by atoms with Crippen molar-refractivity contribution >= 4 is 5.84 Å². The number of nitrogen functional groups attached to an aromatic ring is 1. The van der Waals surface area contributed by atoms with Crippen molar-refractivity contribution in [3.8, 4) is 11.6 Å². The fourth-order valence-corrected chi connectivity index (χ4v) is 1.88. The number of benzene rings is 1. The summed E-state index contributed by atoms with van der Waals surface area (Å²) < 4.78 is 10.8. The SMILES string of the molecule is COc1ccc(COc2nnc(C)c(C)c2C(=N)N)cc1. The van der Waals surface area contributed by atoms with E-state index in [0.717, 1.165) is 22.6 Å². The highest BCUT2D eigenvalue weighted by molar-refractivity contribution is 5.98. The van der Waals surface area contributed by atoms with Gasteiger partial charge in [0, 0.05) is 0 Å². The third-order valence-electron chi connectivity index (χ3n) is 3.23. The zero-order chi connectivity index (χ0) is 15.4. The van der Waals surface area contributed by atoms with E-state index in [-0.39, 0.29) is 11.7 Å². The summed E-state index contributed by atoms with van der Waals surface area (Å²) in [6.45, 7) is 3.99. The van der Waals surface area contributed by atoms with Crippen molar-refractivity contribution in [1.82, 2.24) is 10.2 Å². The van der Waals surface area contributed by atoms with Gasteiger partial charge in [-0.05, 0) is 37.1 Å². The highest BCUT2D eigenvalue weighted by atomic mass is 16.5. The lowest BCUT2D eigenvalue weighted by atomic mass is 10.1. The average Bonchev–Trinajstić information content (AvgIpc) is 2.48. The molecular weight excluding hydrogens is 268 g/mol. The molecule has 2 rings (SSSR count). The zero-order valence-corrected chi connectivity index (χ0v) is 12.3. The van der Waals surface area contributed by atoms with Gasteiger partial charge in [0.25, 0.3) is 0 Å². The van der Waals surface area contributed by atoms with E-state index in [9.17, 15) is 0 Å². The molecule has 1 aromatic carbocycles. The van der Waals surface area contributed by atoms with Crippen molar-refractivity contribution in [2.75, 3.05) is 7.11 Å². The smallest absolute Gasteiger partial charge is 0.245 e. The number of rotatable bonds is 5. The summed E-state index contributed by atoms with van der Waals surface area (Å²) in [6, 6.07) is 7.52. The van der Waals surface area contributed by atoms with Crippen molar-refractivity contribution < 1.29 is 9.47 Å². The van der Waals surface area contributed by atoms with Gasteiger partial charge in [-0.2, -0.15) is 5.10 Å². The number of hydrogen-bond acceptors (Lipinski definition) is 5. The Morgan fingerprint density at radius 2 is 1.86 bits per heavy atom. The van der Waals surface area contributed by atoms with E-state index in [1.165, 1.54) is 0 Å². The number of hydrogen-bond donors (Lipinski definition) is 2. The molecule has 110 valence electrons. The predicted molar refractivity (Wildman–Crippen MR) is 79.8 cm³/mol. The van der Waals surface area contributed by atoms with Crippen LogP contribution in [-0.4, -0.2) is 23.1 Å². The summed E-state index contributed by atoms with van der Waals surface area (Å²) in [6.07, 6.45) is 0. The van der Waals surface area contributed by atoms with Crippen LogP contribution in [0.1, 0.15) is 22.4 Å². The number of nitrogens with zero attached hydrogens (tertiary/aromatic N) is 2. The molecule has 0 amide bonds. The molecule has 0 spiro atoms. The molecule has 1 aromatic heterocycles. The van der Waals surface area contributed by atoms with Crippen LogP contribution in [0.5, 0.6) is 11.6 Å². The molecule has 0 aliphatic carbocycles. The van der Waals surface area contributed by atoms with Gasteiger partial charge in [0.1, 0.15) is 18.2 Å². The van der Waals surface area contributed by atoms with Crippen LogP contribution in [0.3, 0.4) is 0 Å². The minimum Gasteiger partial charge on any atom is -0.497 e. The van der Waals surface area contributed by atoms with E-state index >= 15 is 0 Å². The van der Waals surface area contributed by atoms with Crippen LogP contribution in [0, 0.1) is 19.3 Å². The minimum atomic E-state index is -0.0739. The molecule has 6 heteroatoms. The molecule has 1 heterocycles. The molecule has 2 aromatic rings. The quantitative estimate of drug-likeness (QED) is 0.647. The number of nitrogens with two attached hydrogens (primary N) is 1. The van der Waals surface area contributed by atoms with Crippen molar-refractivity contribution in [3.63, 3.8) is 0 Å². The van der Waals surface area contributed by atoms with Crippen LogP contribution in [-0.2, 0) is 6.61 Å². The van der Waals surface area contributed by atoms with Crippen LogP contribution in [0.25, 0.3) is 0 Å². The predicted octanol–water partition coefficient (Wildman–Crippen LogP) is 1.97. The Bertz CT molecular complexity index is 653. The summed E-state index contributed by atoms with van der Waals surface area (Å²) in [7, 11) is 1.62. The zero-order valence-electron chi connectivity index (χ0n) is 12.3. The Labute approximate surface area is 123 Å². The van der Waals surface area contributed by atoms with E-state index in [1.54, 1.807) is 7.11 Å². The van der Waals surface area contributed by atoms with Crippen LogP contribution in [0.4, 0.5) is 0 Å². The fraction of sp³-hybridized carbons (Fsp3) is 0.267. The van der Waals surface area contributed by atoms with Crippen molar-refractivity contribution in [3.05, 3.63) is 46.6 Å². The van der Waals surface area contributed by atoms with Crippen LogP contribution in [0.15, 0.2) is 24.3 Å². The Morgan fingerprint density at radius 3 is 2.43 bits per heavy atom. The molecule has 6 nitrogen and oxygen atoms in total. The van der Waals surface area contributed by atoms with Crippen LogP contribution in [0.2, 0.25) is 0 Å². The third-order valence-corrected chi connectivity index (χ3v) is 3.23. The number of amidine groups is 1. The Kier molecular flexibility index (Phi) is 4.37. The average molecular weight is 286 g/mol. The third kappa shape index (κ3) is 3.28. The van der Waals surface area contributed by atoms with E-state index in [2.05, 4.69) is 10.2 Å². The van der Waals surface area contributed by atoms with Gasteiger partial charge in [-0.1, -0.05) is 12.1 Å². The van der Waals surface area contributed by atoms with Crippen molar-refractivity contribution in [2.24, 2.45) is 5.73 Å².